The maximum atomic E-state index is 2.50. The van der Waals surface area contributed by atoms with Gasteiger partial charge >= 0.3 is 0 Å². The first-order valence-electron chi connectivity index (χ1n) is 7.73. The molecule has 96 valence electrons. The molecule has 3 bridgehead atoms. The summed E-state index contributed by atoms with van der Waals surface area (Å²) in [6, 6.07) is 9.48. The molecular formula is C18H24. The van der Waals surface area contributed by atoms with Crippen molar-refractivity contribution < 1.29 is 0 Å². The van der Waals surface area contributed by atoms with E-state index in [9.17, 15) is 0 Å². The zero-order valence-corrected chi connectivity index (χ0v) is 11.7. The largest absolute Gasteiger partial charge is 0.0622 e. The average Bonchev–Trinajstić information content (AvgIpc) is 2.55. The second kappa shape index (κ2) is 3.62. The molecule has 18 heavy (non-hydrogen) atoms. The van der Waals surface area contributed by atoms with Gasteiger partial charge in [-0.25, -0.2) is 0 Å². The van der Waals surface area contributed by atoms with E-state index in [1.54, 1.807) is 12.0 Å². The van der Waals surface area contributed by atoms with Crippen molar-refractivity contribution in [1.29, 1.82) is 0 Å². The van der Waals surface area contributed by atoms with Crippen molar-refractivity contribution in [3.63, 3.8) is 0 Å². The van der Waals surface area contributed by atoms with Crippen molar-refractivity contribution in [2.24, 2.45) is 23.7 Å². The lowest BCUT2D eigenvalue weighted by Crippen LogP contribution is -2.35. The summed E-state index contributed by atoms with van der Waals surface area (Å²) < 4.78 is 0. The van der Waals surface area contributed by atoms with E-state index in [0.29, 0.717) is 5.41 Å². The highest BCUT2D eigenvalue weighted by Gasteiger charge is 2.55. The van der Waals surface area contributed by atoms with Crippen LogP contribution in [0.1, 0.15) is 50.2 Å². The molecule has 0 aliphatic heterocycles. The van der Waals surface area contributed by atoms with Gasteiger partial charge in [-0.2, -0.15) is 0 Å². The first-order valence-corrected chi connectivity index (χ1v) is 7.73. The third-order valence-electron chi connectivity index (χ3n) is 6.37. The number of hydrogen-bond acceptors (Lipinski definition) is 0. The van der Waals surface area contributed by atoms with Gasteiger partial charge in [0, 0.05) is 0 Å². The van der Waals surface area contributed by atoms with Gasteiger partial charge in [-0.05, 0) is 73.7 Å². The predicted molar refractivity (Wildman–Crippen MR) is 75.6 cm³/mol. The molecule has 0 amide bonds. The predicted octanol–water partition coefficient (Wildman–Crippen LogP) is 4.71. The number of aryl methyl sites for hydroxylation is 1. The fourth-order valence-electron chi connectivity index (χ4n) is 5.48. The molecule has 0 heteroatoms. The molecule has 1 aromatic rings. The van der Waals surface area contributed by atoms with E-state index in [4.69, 9.17) is 0 Å². The summed E-state index contributed by atoms with van der Waals surface area (Å²) in [5, 5.41) is 0. The maximum absolute atomic E-state index is 2.50. The van der Waals surface area contributed by atoms with E-state index in [0.717, 1.165) is 23.7 Å². The van der Waals surface area contributed by atoms with Crippen molar-refractivity contribution in [3.05, 3.63) is 35.4 Å². The highest BCUT2D eigenvalue weighted by Crippen LogP contribution is 2.63. The molecule has 0 saturated heterocycles. The van der Waals surface area contributed by atoms with Crippen LogP contribution in [0.3, 0.4) is 0 Å². The highest BCUT2D eigenvalue weighted by molar-refractivity contribution is 5.32. The number of rotatable bonds is 1. The first kappa shape index (κ1) is 11.1. The summed E-state index contributed by atoms with van der Waals surface area (Å²) in [7, 11) is 0. The van der Waals surface area contributed by atoms with E-state index in [1.165, 1.54) is 31.2 Å². The Labute approximate surface area is 111 Å². The minimum atomic E-state index is 0.566. The molecule has 0 N–H and O–H groups in total. The van der Waals surface area contributed by atoms with Crippen molar-refractivity contribution in [2.45, 2.75) is 51.4 Å². The van der Waals surface area contributed by atoms with Crippen molar-refractivity contribution in [1.82, 2.24) is 0 Å². The summed E-state index contributed by atoms with van der Waals surface area (Å²) in [5.74, 6) is 4.10. The van der Waals surface area contributed by atoms with Crippen LogP contribution in [0, 0.1) is 30.6 Å². The minimum absolute atomic E-state index is 0.566. The summed E-state index contributed by atoms with van der Waals surface area (Å²) in [6.45, 7) is 4.70. The van der Waals surface area contributed by atoms with E-state index in [1.807, 2.05) is 0 Å². The molecule has 0 aromatic heterocycles. The normalized spacial score (nSPS) is 45.4. The Morgan fingerprint density at radius 1 is 0.889 bits per heavy atom. The monoisotopic (exact) mass is 240 g/mol. The van der Waals surface area contributed by atoms with Gasteiger partial charge in [-0.1, -0.05) is 36.8 Å². The van der Waals surface area contributed by atoms with Crippen LogP contribution in [-0.2, 0) is 5.41 Å². The Balaban J connectivity index is 1.74. The molecule has 3 aliphatic carbocycles. The summed E-state index contributed by atoms with van der Waals surface area (Å²) >= 11 is 0. The van der Waals surface area contributed by atoms with Crippen LogP contribution >= 0.6 is 0 Å². The maximum Gasteiger partial charge on any atom is -0.00388 e. The molecule has 0 heterocycles. The molecule has 0 spiro atoms. The second-order valence-electron chi connectivity index (χ2n) is 7.49. The summed E-state index contributed by atoms with van der Waals surface area (Å²) in [4.78, 5) is 0. The Morgan fingerprint density at radius 3 is 2.22 bits per heavy atom. The highest BCUT2D eigenvalue weighted by atomic mass is 14.6. The van der Waals surface area contributed by atoms with Crippen LogP contribution in [0.2, 0.25) is 0 Å². The van der Waals surface area contributed by atoms with Gasteiger partial charge in [0.2, 0.25) is 0 Å². The molecule has 3 saturated carbocycles. The third kappa shape index (κ3) is 1.44. The van der Waals surface area contributed by atoms with Crippen LogP contribution in [0.15, 0.2) is 24.3 Å². The van der Waals surface area contributed by atoms with Crippen molar-refractivity contribution in [3.8, 4) is 0 Å². The van der Waals surface area contributed by atoms with Crippen LogP contribution in [0.5, 0.6) is 0 Å². The van der Waals surface area contributed by atoms with Crippen molar-refractivity contribution >= 4 is 0 Å². The lowest BCUT2D eigenvalue weighted by Gasteiger charge is -2.43. The van der Waals surface area contributed by atoms with Gasteiger partial charge in [0.25, 0.3) is 0 Å². The smallest absolute Gasteiger partial charge is 0.00388 e. The van der Waals surface area contributed by atoms with Crippen LogP contribution in [0.4, 0.5) is 0 Å². The van der Waals surface area contributed by atoms with Gasteiger partial charge < -0.3 is 0 Å². The zero-order valence-electron chi connectivity index (χ0n) is 11.7. The third-order valence-corrected chi connectivity index (χ3v) is 6.37. The molecule has 3 fully saturated rings. The lowest BCUT2D eigenvalue weighted by molar-refractivity contribution is 0.111. The quantitative estimate of drug-likeness (QED) is 0.667. The van der Waals surface area contributed by atoms with E-state index in [2.05, 4.69) is 38.1 Å². The Hall–Kier alpha value is -0.780. The number of hydrogen-bond donors (Lipinski definition) is 0. The fraction of sp³-hybridized carbons (Fsp3) is 0.667. The topological polar surface area (TPSA) is 0 Å². The molecule has 1 aromatic carbocycles. The van der Waals surface area contributed by atoms with Gasteiger partial charge in [-0.15, -0.1) is 0 Å². The SMILES string of the molecule is Cc1ccc(C23CC4CC(C2)C(CC4C)C3)cc1. The molecule has 0 radical (unpaired) electrons. The van der Waals surface area contributed by atoms with Crippen LogP contribution in [-0.4, -0.2) is 0 Å². The fourth-order valence-corrected chi connectivity index (χ4v) is 5.48. The van der Waals surface area contributed by atoms with Gasteiger partial charge in [0.1, 0.15) is 0 Å². The van der Waals surface area contributed by atoms with Crippen LogP contribution in [0.25, 0.3) is 0 Å². The van der Waals surface area contributed by atoms with E-state index in [-0.39, 0.29) is 0 Å². The Morgan fingerprint density at radius 2 is 1.50 bits per heavy atom. The Kier molecular flexibility index (Phi) is 2.23. The summed E-state index contributed by atoms with van der Waals surface area (Å²) in [5.41, 5.74) is 3.62. The Bertz CT molecular complexity index is 457. The molecule has 3 aliphatic rings. The standard InChI is InChI=1S/C18H24/c1-12-3-5-17(6-4-12)18-9-14-8-16(11-18)15(10-18)7-13(14)2/h3-6,13-16H,7-11H2,1-2H3. The number of fused-ring (bicyclic) bond motifs is 2. The van der Waals surface area contributed by atoms with Gasteiger partial charge in [0.05, 0.1) is 0 Å². The molecule has 4 rings (SSSR count). The van der Waals surface area contributed by atoms with E-state index < -0.39 is 0 Å². The molecule has 5 unspecified atom stereocenters. The molecule has 5 atom stereocenters. The number of benzene rings is 1. The van der Waals surface area contributed by atoms with E-state index >= 15 is 0 Å². The minimum Gasteiger partial charge on any atom is -0.0622 e. The van der Waals surface area contributed by atoms with Crippen molar-refractivity contribution in [2.75, 3.05) is 0 Å². The molecular weight excluding hydrogens is 216 g/mol. The second-order valence-corrected chi connectivity index (χ2v) is 7.49. The van der Waals surface area contributed by atoms with Gasteiger partial charge in [0.15, 0.2) is 0 Å². The van der Waals surface area contributed by atoms with Crippen LogP contribution < -0.4 is 0 Å². The lowest BCUT2D eigenvalue weighted by atomic mass is 9.62. The average molecular weight is 240 g/mol. The molecule has 0 nitrogen and oxygen atoms in total. The van der Waals surface area contributed by atoms with Gasteiger partial charge in [-0.3, -0.25) is 0 Å². The summed E-state index contributed by atoms with van der Waals surface area (Å²) in [6.07, 6.45) is 7.51. The first-order chi connectivity index (χ1) is 8.66. The zero-order chi connectivity index (χ0) is 12.3.